The van der Waals surface area contributed by atoms with Crippen LogP contribution in [0.25, 0.3) is 0 Å². The summed E-state index contributed by atoms with van der Waals surface area (Å²) in [5.74, 6) is -4.27. The van der Waals surface area contributed by atoms with Crippen LogP contribution >= 0.6 is 0 Å². The van der Waals surface area contributed by atoms with Crippen molar-refractivity contribution >= 4 is 23.7 Å². The molecule has 3 amide bonds. The van der Waals surface area contributed by atoms with Crippen LogP contribution in [0.1, 0.15) is 33.6 Å². The number of primary amides is 1. The third-order valence-corrected chi connectivity index (χ3v) is 5.09. The maximum atomic E-state index is 13.2. The summed E-state index contributed by atoms with van der Waals surface area (Å²) in [7, 11) is 0. The molecule has 0 spiro atoms. The molecule has 0 aliphatic carbocycles. The highest BCUT2D eigenvalue weighted by Crippen LogP contribution is 2.28. The second-order valence-electron chi connectivity index (χ2n) is 7.83. The molecule has 0 saturated carbocycles. The van der Waals surface area contributed by atoms with E-state index in [4.69, 9.17) is 16.2 Å². The fourth-order valence-electron chi connectivity index (χ4n) is 3.30. The Balaban J connectivity index is 3.55. The number of hydrogen-bond acceptors (Lipinski definition) is 9. The van der Waals surface area contributed by atoms with Gasteiger partial charge in [0.05, 0.1) is 12.6 Å². The number of nitrogens with two attached hydrogens (primary N) is 2. The van der Waals surface area contributed by atoms with Crippen LogP contribution in [0.3, 0.4) is 0 Å². The Morgan fingerprint density at radius 2 is 1.74 bits per heavy atom. The zero-order chi connectivity index (χ0) is 24.0. The largest absolute Gasteiger partial charge is 0.480 e. The molecular weight excluding hydrogens is 416 g/mol. The lowest BCUT2D eigenvalue weighted by atomic mass is 9.93. The lowest BCUT2D eigenvalue weighted by Gasteiger charge is -2.48. The Morgan fingerprint density at radius 1 is 1.16 bits per heavy atom. The minimum atomic E-state index is -1.71. The molecule has 7 atom stereocenters. The summed E-state index contributed by atoms with van der Waals surface area (Å²) in [6.07, 6.45) is -7.13. The zero-order valence-electron chi connectivity index (χ0n) is 17.7. The van der Waals surface area contributed by atoms with Gasteiger partial charge in [0.1, 0.15) is 30.4 Å². The van der Waals surface area contributed by atoms with E-state index >= 15 is 0 Å². The first kappa shape index (κ1) is 26.7. The van der Waals surface area contributed by atoms with E-state index in [9.17, 15) is 39.6 Å². The van der Waals surface area contributed by atoms with Crippen LogP contribution in [0.2, 0.25) is 0 Å². The molecule has 0 aromatic rings. The Kier molecular flexibility index (Phi) is 9.77. The smallest absolute Gasteiger partial charge is 0.326 e. The second-order valence-corrected chi connectivity index (χ2v) is 7.83. The van der Waals surface area contributed by atoms with E-state index in [1.807, 2.05) is 0 Å². The average molecular weight is 448 g/mol. The van der Waals surface area contributed by atoms with Gasteiger partial charge < -0.3 is 41.9 Å². The number of carbonyl (C=O) groups is 4. The van der Waals surface area contributed by atoms with Gasteiger partial charge in [0.25, 0.3) is 0 Å². The van der Waals surface area contributed by atoms with Crippen LogP contribution < -0.4 is 16.8 Å². The van der Waals surface area contributed by atoms with Crippen molar-refractivity contribution in [3.63, 3.8) is 0 Å². The van der Waals surface area contributed by atoms with Gasteiger partial charge in [-0.25, -0.2) is 4.79 Å². The Bertz CT molecular complexity index is 674. The summed E-state index contributed by atoms with van der Waals surface area (Å²) in [5.41, 5.74) is 11.1. The summed E-state index contributed by atoms with van der Waals surface area (Å²) in [4.78, 5) is 48.9. The first-order valence-electron chi connectivity index (χ1n) is 9.81. The number of rotatable bonds is 10. The Hall–Kier alpha value is -2.32. The molecule has 9 N–H and O–H groups in total. The third kappa shape index (κ3) is 6.58. The molecule has 1 unspecified atom stereocenters. The maximum absolute atomic E-state index is 13.2. The van der Waals surface area contributed by atoms with Crippen molar-refractivity contribution < 1.29 is 44.3 Å². The van der Waals surface area contributed by atoms with Gasteiger partial charge in [-0.2, -0.15) is 0 Å². The van der Waals surface area contributed by atoms with Crippen LogP contribution in [0.5, 0.6) is 0 Å². The quantitative estimate of drug-likeness (QED) is 0.174. The van der Waals surface area contributed by atoms with Crippen molar-refractivity contribution in [3.8, 4) is 0 Å². The number of hydrogen-bond donors (Lipinski definition) is 7. The number of aliphatic hydroxyl groups excluding tert-OH is 3. The number of amides is 3. The van der Waals surface area contributed by atoms with Gasteiger partial charge in [0, 0.05) is 13.3 Å². The molecule has 1 aliphatic rings. The normalized spacial score (nSPS) is 27.9. The number of ether oxygens (including phenoxy) is 1. The molecule has 1 rings (SSSR count). The van der Waals surface area contributed by atoms with Crippen LogP contribution in [-0.2, 0) is 23.9 Å². The molecule has 13 nitrogen and oxygen atoms in total. The predicted molar refractivity (Wildman–Crippen MR) is 105 cm³/mol. The number of nitrogens with zero attached hydrogens (tertiary/aromatic N) is 1. The van der Waals surface area contributed by atoms with E-state index in [0.29, 0.717) is 0 Å². The molecule has 0 aromatic heterocycles. The van der Waals surface area contributed by atoms with Crippen molar-refractivity contribution in [1.82, 2.24) is 10.2 Å². The summed E-state index contributed by atoms with van der Waals surface area (Å²) >= 11 is 0. The fraction of sp³-hybridized carbons (Fsp3) is 0.778. The average Bonchev–Trinajstić information content (AvgIpc) is 2.67. The minimum absolute atomic E-state index is 0.385. The molecule has 1 saturated heterocycles. The number of aliphatic carboxylic acids is 1. The number of carboxylic acids is 1. The molecule has 31 heavy (non-hydrogen) atoms. The Labute approximate surface area is 179 Å². The van der Waals surface area contributed by atoms with E-state index in [0.717, 1.165) is 11.8 Å². The molecule has 1 fully saturated rings. The second kappa shape index (κ2) is 11.3. The topological polar surface area (TPSA) is 226 Å². The summed E-state index contributed by atoms with van der Waals surface area (Å²) < 4.78 is 5.58. The van der Waals surface area contributed by atoms with Gasteiger partial charge >= 0.3 is 5.97 Å². The van der Waals surface area contributed by atoms with Gasteiger partial charge in [0.15, 0.2) is 6.23 Å². The van der Waals surface area contributed by atoms with E-state index in [1.165, 1.54) is 0 Å². The molecule has 1 heterocycles. The van der Waals surface area contributed by atoms with Crippen LogP contribution in [0.15, 0.2) is 0 Å². The maximum Gasteiger partial charge on any atom is 0.326 e. The standard InChI is InChI=1S/C18H32N4O9/c1-7(2)12(20)16(28)22(9(18(29)30)4-5-11(19)25)17-13(21-8(3)24)15(27)14(26)10(6-23)31-17/h7,9-10,12-15,17,23,26-27H,4-6,20H2,1-3H3,(H2,19,25)(H,21,24)(H,29,30)/t9-,10-,12+,13-,14+,15-,17?/m1/s1. The van der Waals surface area contributed by atoms with Gasteiger partial charge in [-0.15, -0.1) is 0 Å². The van der Waals surface area contributed by atoms with E-state index in [2.05, 4.69) is 5.32 Å². The summed E-state index contributed by atoms with van der Waals surface area (Å²) in [6, 6.07) is -4.30. The van der Waals surface area contributed by atoms with Crippen molar-refractivity contribution in [1.29, 1.82) is 0 Å². The van der Waals surface area contributed by atoms with Gasteiger partial charge in [-0.3, -0.25) is 19.3 Å². The van der Waals surface area contributed by atoms with E-state index in [-0.39, 0.29) is 6.42 Å². The van der Waals surface area contributed by atoms with Crippen LogP contribution in [0, 0.1) is 5.92 Å². The number of aliphatic hydroxyl groups is 3. The molecular formula is C18H32N4O9. The predicted octanol–water partition coefficient (Wildman–Crippen LogP) is -3.54. The van der Waals surface area contributed by atoms with Gasteiger partial charge in [0.2, 0.25) is 17.7 Å². The van der Waals surface area contributed by atoms with Crippen molar-refractivity contribution in [3.05, 3.63) is 0 Å². The minimum Gasteiger partial charge on any atom is -0.480 e. The molecule has 1 aliphatic heterocycles. The fourth-order valence-corrected chi connectivity index (χ4v) is 3.30. The number of nitrogens with one attached hydrogen (secondary N) is 1. The molecule has 0 bridgehead atoms. The van der Waals surface area contributed by atoms with Crippen molar-refractivity contribution in [2.45, 2.75) is 76.3 Å². The monoisotopic (exact) mass is 448 g/mol. The van der Waals surface area contributed by atoms with Crippen molar-refractivity contribution in [2.24, 2.45) is 17.4 Å². The van der Waals surface area contributed by atoms with Crippen molar-refractivity contribution in [2.75, 3.05) is 6.61 Å². The molecule has 178 valence electrons. The number of carboxylic acid groups (broad SMARTS) is 1. The first-order chi connectivity index (χ1) is 14.3. The zero-order valence-corrected chi connectivity index (χ0v) is 17.7. The van der Waals surface area contributed by atoms with E-state index < -0.39 is 85.3 Å². The summed E-state index contributed by atoms with van der Waals surface area (Å²) in [5, 5.41) is 42.4. The third-order valence-electron chi connectivity index (χ3n) is 5.09. The summed E-state index contributed by atoms with van der Waals surface area (Å²) in [6.45, 7) is 3.60. The lowest BCUT2D eigenvalue weighted by molar-refractivity contribution is -0.238. The molecule has 0 aromatic carbocycles. The number of carbonyl (C=O) groups excluding carboxylic acids is 3. The van der Waals surface area contributed by atoms with Crippen LogP contribution in [-0.4, -0.2) is 98.3 Å². The van der Waals surface area contributed by atoms with Crippen LogP contribution in [0.4, 0.5) is 0 Å². The highest BCUT2D eigenvalue weighted by molar-refractivity contribution is 5.88. The first-order valence-corrected chi connectivity index (χ1v) is 9.81. The molecule has 0 radical (unpaired) electrons. The van der Waals surface area contributed by atoms with Gasteiger partial charge in [-0.1, -0.05) is 13.8 Å². The highest BCUT2D eigenvalue weighted by atomic mass is 16.5. The lowest BCUT2D eigenvalue weighted by Crippen LogP contribution is -2.71. The SMILES string of the molecule is CC(=O)N[C@H]1C(N(C(=O)[C@@H](N)C(C)C)[C@H](CCC(N)=O)C(=O)O)O[C@H](CO)[C@H](O)[C@@H]1O. The highest BCUT2D eigenvalue weighted by Gasteiger charge is 2.51. The molecule has 13 heteroatoms. The van der Waals surface area contributed by atoms with E-state index in [1.54, 1.807) is 13.8 Å². The van der Waals surface area contributed by atoms with Gasteiger partial charge in [-0.05, 0) is 12.3 Å². The Morgan fingerprint density at radius 3 is 2.16 bits per heavy atom.